The van der Waals surface area contributed by atoms with Crippen LogP contribution in [-0.2, 0) is 0 Å². The monoisotopic (exact) mass is 358 g/mol. The molecule has 3 N–H and O–H groups in total. The van der Waals surface area contributed by atoms with Gasteiger partial charge in [0.2, 0.25) is 0 Å². The van der Waals surface area contributed by atoms with Crippen molar-refractivity contribution >= 4 is 34.9 Å². The number of amides is 3. The third kappa shape index (κ3) is 4.03. The minimum absolute atomic E-state index is 0.0630. The van der Waals surface area contributed by atoms with Crippen LogP contribution in [0.1, 0.15) is 10.4 Å². The molecule has 25 heavy (non-hydrogen) atoms. The van der Waals surface area contributed by atoms with Gasteiger partial charge < -0.3 is 20.9 Å². The third-order valence-electron chi connectivity index (χ3n) is 4.14. The molecule has 6 nitrogen and oxygen atoms in total. The van der Waals surface area contributed by atoms with Gasteiger partial charge in [0.25, 0.3) is 5.91 Å². The predicted molar refractivity (Wildman–Crippen MR) is 99.2 cm³/mol. The molecule has 0 aliphatic carbocycles. The van der Waals surface area contributed by atoms with Crippen LogP contribution in [0, 0.1) is 0 Å². The number of carbonyl (C=O) groups excluding carboxylic acids is 2. The number of nitrogens with two attached hydrogens (primary N) is 1. The minimum Gasteiger partial charge on any atom is -0.367 e. The van der Waals surface area contributed by atoms with Crippen LogP contribution in [0.5, 0.6) is 0 Å². The fraction of sp³-hybridized carbons (Fsp3) is 0.222. The number of halogens is 1. The molecule has 3 amide bonds. The number of primary amides is 1. The molecule has 2 aromatic carbocycles. The summed E-state index contributed by atoms with van der Waals surface area (Å²) in [5, 5.41) is 3.20. The van der Waals surface area contributed by atoms with Crippen molar-refractivity contribution in [3.63, 3.8) is 0 Å². The first kappa shape index (κ1) is 17.1. The maximum absolute atomic E-state index is 12.7. The summed E-state index contributed by atoms with van der Waals surface area (Å²) >= 11 is 6.24. The smallest absolute Gasteiger partial charge is 0.316 e. The third-order valence-corrected chi connectivity index (χ3v) is 4.46. The van der Waals surface area contributed by atoms with Crippen LogP contribution >= 0.6 is 11.6 Å². The molecule has 1 fully saturated rings. The molecule has 1 heterocycles. The topological polar surface area (TPSA) is 78.7 Å². The molecule has 0 aromatic heterocycles. The summed E-state index contributed by atoms with van der Waals surface area (Å²) in [6.45, 7) is 2.65. The lowest BCUT2D eigenvalue weighted by molar-refractivity contribution is 0.0747. The number of carbonyl (C=O) groups is 2. The number of piperazine rings is 1. The van der Waals surface area contributed by atoms with E-state index in [0.29, 0.717) is 42.5 Å². The van der Waals surface area contributed by atoms with Gasteiger partial charge >= 0.3 is 6.03 Å². The fourth-order valence-corrected chi connectivity index (χ4v) is 3.17. The van der Waals surface area contributed by atoms with Crippen LogP contribution in [0.25, 0.3) is 0 Å². The van der Waals surface area contributed by atoms with Crippen molar-refractivity contribution in [2.45, 2.75) is 0 Å². The normalized spacial score (nSPS) is 14.3. The van der Waals surface area contributed by atoms with Gasteiger partial charge in [-0.15, -0.1) is 0 Å². The Bertz CT molecular complexity index is 788. The van der Waals surface area contributed by atoms with Crippen molar-refractivity contribution in [1.29, 1.82) is 0 Å². The number of nitrogens with one attached hydrogen (secondary N) is 1. The second-order valence-corrected chi connectivity index (χ2v) is 6.21. The van der Waals surface area contributed by atoms with Gasteiger partial charge in [-0.05, 0) is 30.3 Å². The molecule has 0 spiro atoms. The Hall–Kier alpha value is -2.73. The highest BCUT2D eigenvalue weighted by atomic mass is 35.5. The van der Waals surface area contributed by atoms with Crippen LogP contribution in [0.4, 0.5) is 16.2 Å². The highest BCUT2D eigenvalue weighted by Crippen LogP contribution is 2.26. The van der Waals surface area contributed by atoms with Crippen molar-refractivity contribution in [3.8, 4) is 0 Å². The van der Waals surface area contributed by atoms with Crippen LogP contribution in [0.3, 0.4) is 0 Å². The molecule has 130 valence electrons. The molecule has 0 bridgehead atoms. The molecule has 0 atom stereocenters. The summed E-state index contributed by atoms with van der Waals surface area (Å²) in [5.74, 6) is -0.0630. The maximum Gasteiger partial charge on any atom is 0.316 e. The molecule has 7 heteroatoms. The fourth-order valence-electron chi connectivity index (χ4n) is 2.91. The average Bonchev–Trinajstić information content (AvgIpc) is 2.61. The summed E-state index contributed by atoms with van der Waals surface area (Å²) in [6.07, 6.45) is 0. The molecule has 0 saturated carbocycles. The standard InChI is InChI=1S/C18H19ClN4O2/c19-15-6-1-2-7-16(15)22-8-10-23(11-9-22)17(24)13-4-3-5-14(12-13)21-18(20)25/h1-7,12H,8-11H2,(H3,20,21,25). The quantitative estimate of drug-likeness (QED) is 0.885. The lowest BCUT2D eigenvalue weighted by Gasteiger charge is -2.36. The Morgan fingerprint density at radius 2 is 1.72 bits per heavy atom. The van der Waals surface area contributed by atoms with Crippen molar-refractivity contribution in [1.82, 2.24) is 4.90 Å². The summed E-state index contributed by atoms with van der Waals surface area (Å²) in [6, 6.07) is 13.8. The van der Waals surface area contributed by atoms with Crippen LogP contribution in [0.15, 0.2) is 48.5 Å². The molecule has 3 rings (SSSR count). The van der Waals surface area contributed by atoms with E-state index in [4.69, 9.17) is 17.3 Å². The highest BCUT2D eigenvalue weighted by molar-refractivity contribution is 6.33. The van der Waals surface area contributed by atoms with E-state index in [2.05, 4.69) is 10.2 Å². The van der Waals surface area contributed by atoms with E-state index in [1.807, 2.05) is 24.3 Å². The molecule has 2 aromatic rings. The zero-order valence-electron chi connectivity index (χ0n) is 13.6. The molecule has 0 radical (unpaired) electrons. The Kier molecular flexibility index (Phi) is 5.09. The number of hydrogen-bond acceptors (Lipinski definition) is 3. The summed E-state index contributed by atoms with van der Waals surface area (Å²) in [4.78, 5) is 27.6. The zero-order chi connectivity index (χ0) is 17.8. The number of hydrogen-bond donors (Lipinski definition) is 2. The number of rotatable bonds is 3. The summed E-state index contributed by atoms with van der Waals surface area (Å²) in [7, 11) is 0. The van der Waals surface area contributed by atoms with Crippen LogP contribution < -0.4 is 16.0 Å². The van der Waals surface area contributed by atoms with Gasteiger partial charge in [-0.2, -0.15) is 0 Å². The average molecular weight is 359 g/mol. The van der Waals surface area contributed by atoms with Gasteiger partial charge in [-0.25, -0.2) is 4.79 Å². The van der Waals surface area contributed by atoms with Gasteiger partial charge in [0.15, 0.2) is 0 Å². The summed E-state index contributed by atoms with van der Waals surface area (Å²) < 4.78 is 0. The molecular weight excluding hydrogens is 340 g/mol. The SMILES string of the molecule is NC(=O)Nc1cccc(C(=O)N2CCN(c3ccccc3Cl)CC2)c1. The van der Waals surface area contributed by atoms with Crippen molar-refractivity contribution in [2.75, 3.05) is 36.4 Å². The number of anilines is 2. The van der Waals surface area contributed by atoms with E-state index in [1.165, 1.54) is 0 Å². The van der Waals surface area contributed by atoms with Crippen molar-refractivity contribution < 1.29 is 9.59 Å². The zero-order valence-corrected chi connectivity index (χ0v) is 14.4. The highest BCUT2D eigenvalue weighted by Gasteiger charge is 2.23. The minimum atomic E-state index is -0.655. The first-order valence-electron chi connectivity index (χ1n) is 8.00. The van der Waals surface area contributed by atoms with Gasteiger partial charge in [0, 0.05) is 37.4 Å². The van der Waals surface area contributed by atoms with E-state index < -0.39 is 6.03 Å². The van der Waals surface area contributed by atoms with E-state index in [-0.39, 0.29) is 5.91 Å². The second-order valence-electron chi connectivity index (χ2n) is 5.80. The maximum atomic E-state index is 12.7. The number of para-hydroxylation sites is 1. The molecule has 0 unspecified atom stereocenters. The first-order chi connectivity index (χ1) is 12.0. The second kappa shape index (κ2) is 7.44. The summed E-state index contributed by atoms with van der Waals surface area (Å²) in [5.41, 5.74) is 7.14. The van der Waals surface area contributed by atoms with Crippen LogP contribution in [0.2, 0.25) is 5.02 Å². The Morgan fingerprint density at radius 1 is 1.00 bits per heavy atom. The molecular formula is C18H19ClN4O2. The molecule has 1 aliphatic heterocycles. The van der Waals surface area contributed by atoms with Gasteiger partial charge in [0.05, 0.1) is 10.7 Å². The number of benzene rings is 2. The van der Waals surface area contributed by atoms with E-state index in [1.54, 1.807) is 29.2 Å². The predicted octanol–water partition coefficient (Wildman–Crippen LogP) is 2.79. The molecule has 1 aliphatic rings. The van der Waals surface area contributed by atoms with Gasteiger partial charge in [-0.1, -0.05) is 29.8 Å². The number of nitrogens with zero attached hydrogens (tertiary/aromatic N) is 2. The van der Waals surface area contributed by atoms with Gasteiger partial charge in [-0.3, -0.25) is 4.79 Å². The van der Waals surface area contributed by atoms with E-state index in [9.17, 15) is 9.59 Å². The van der Waals surface area contributed by atoms with E-state index in [0.717, 1.165) is 5.69 Å². The first-order valence-corrected chi connectivity index (χ1v) is 8.37. The van der Waals surface area contributed by atoms with Crippen LogP contribution in [-0.4, -0.2) is 43.0 Å². The lowest BCUT2D eigenvalue weighted by atomic mass is 10.1. The number of urea groups is 1. The lowest BCUT2D eigenvalue weighted by Crippen LogP contribution is -2.48. The van der Waals surface area contributed by atoms with Crippen molar-refractivity contribution in [3.05, 3.63) is 59.1 Å². The van der Waals surface area contributed by atoms with Crippen molar-refractivity contribution in [2.24, 2.45) is 5.73 Å². The Balaban J connectivity index is 1.66. The Labute approximate surface area is 151 Å². The largest absolute Gasteiger partial charge is 0.367 e. The molecule has 1 saturated heterocycles. The Morgan fingerprint density at radius 3 is 2.40 bits per heavy atom. The van der Waals surface area contributed by atoms with Gasteiger partial charge in [0.1, 0.15) is 0 Å². The van der Waals surface area contributed by atoms with E-state index >= 15 is 0 Å².